The van der Waals surface area contributed by atoms with Crippen molar-refractivity contribution in [2.45, 2.75) is 13.1 Å². The number of hydrogen-bond donors (Lipinski definition) is 4. The van der Waals surface area contributed by atoms with Gasteiger partial charge in [0.05, 0.1) is 11.7 Å². The van der Waals surface area contributed by atoms with Gasteiger partial charge in [-0.3, -0.25) is 9.69 Å². The summed E-state index contributed by atoms with van der Waals surface area (Å²) in [4.78, 5) is 22.6. The van der Waals surface area contributed by atoms with E-state index in [9.17, 15) is 4.79 Å². The Morgan fingerprint density at radius 3 is 2.37 bits per heavy atom. The van der Waals surface area contributed by atoms with E-state index in [0.29, 0.717) is 16.9 Å². The topological polar surface area (TPSA) is 122 Å². The fourth-order valence-corrected chi connectivity index (χ4v) is 2.65. The lowest BCUT2D eigenvalue weighted by Crippen LogP contribution is -2.42. The molecule has 0 aliphatic heterocycles. The van der Waals surface area contributed by atoms with Gasteiger partial charge in [-0.15, -0.1) is 0 Å². The smallest absolute Gasteiger partial charge is 0.252 e. The molecule has 0 aliphatic carbocycles. The molecule has 0 fully saturated rings. The molecule has 0 saturated heterocycles. The number of hydrazine groups is 1. The molecule has 1 unspecified atom stereocenters. The summed E-state index contributed by atoms with van der Waals surface area (Å²) in [5, 5.41) is 3.71. The van der Waals surface area contributed by atoms with Crippen LogP contribution in [-0.2, 0) is 0 Å². The van der Waals surface area contributed by atoms with E-state index in [2.05, 4.69) is 20.7 Å². The first kappa shape index (κ1) is 18.6. The first-order chi connectivity index (χ1) is 12.9. The van der Waals surface area contributed by atoms with Gasteiger partial charge in [-0.25, -0.2) is 10.8 Å². The van der Waals surface area contributed by atoms with Crippen LogP contribution >= 0.6 is 0 Å². The molecule has 0 aliphatic rings. The van der Waals surface area contributed by atoms with Crippen molar-refractivity contribution in [1.29, 1.82) is 0 Å². The van der Waals surface area contributed by atoms with Crippen molar-refractivity contribution in [2.24, 2.45) is 5.84 Å². The maximum absolute atomic E-state index is 12.3. The third-order valence-corrected chi connectivity index (χ3v) is 4.44. The van der Waals surface area contributed by atoms with E-state index in [-0.39, 0.29) is 18.0 Å². The Morgan fingerprint density at radius 2 is 1.74 bits per heavy atom. The van der Waals surface area contributed by atoms with Gasteiger partial charge in [0.15, 0.2) is 5.82 Å². The Morgan fingerprint density at radius 1 is 1.07 bits per heavy atom. The third kappa shape index (κ3) is 3.97. The minimum Gasteiger partial charge on any atom is -0.368 e. The number of carbonyl (C=O) groups is 1. The van der Waals surface area contributed by atoms with Gasteiger partial charge in [0, 0.05) is 10.9 Å². The average Bonchev–Trinajstić information content (AvgIpc) is 2.66. The van der Waals surface area contributed by atoms with Gasteiger partial charge in [-0.05, 0) is 56.4 Å². The summed E-state index contributed by atoms with van der Waals surface area (Å²) in [5.41, 5.74) is 11.5. The Balaban J connectivity index is 1.89. The predicted octanol–water partition coefficient (Wildman–Crippen LogP) is 1.80. The molecule has 0 bridgehead atoms. The molecular weight excluding hydrogens is 342 g/mol. The molecule has 8 heteroatoms. The molecule has 8 nitrogen and oxygen atoms in total. The molecule has 0 radical (unpaired) electrons. The maximum Gasteiger partial charge on any atom is 0.252 e. The molecule has 27 heavy (non-hydrogen) atoms. The molecule has 3 aromatic rings. The molecule has 0 saturated carbocycles. The highest BCUT2D eigenvalue weighted by Gasteiger charge is 2.12. The number of nitrogens with zero attached hydrogens (tertiary/aromatic N) is 3. The molecule has 0 spiro atoms. The van der Waals surface area contributed by atoms with E-state index < -0.39 is 0 Å². The minimum atomic E-state index is -0.111. The highest BCUT2D eigenvalue weighted by molar-refractivity contribution is 5.96. The number of benzene rings is 2. The molecule has 1 atom stereocenters. The summed E-state index contributed by atoms with van der Waals surface area (Å²) >= 11 is 0. The quantitative estimate of drug-likeness (QED) is 0.309. The van der Waals surface area contributed by atoms with Crippen LogP contribution in [0.4, 0.5) is 11.8 Å². The van der Waals surface area contributed by atoms with E-state index in [4.69, 9.17) is 11.6 Å². The zero-order chi connectivity index (χ0) is 19.6. The maximum atomic E-state index is 12.3. The summed E-state index contributed by atoms with van der Waals surface area (Å²) in [6, 6.07) is 13.2. The van der Waals surface area contributed by atoms with Crippen LogP contribution in [-0.4, -0.2) is 41.0 Å². The van der Waals surface area contributed by atoms with Crippen molar-refractivity contribution in [3.8, 4) is 11.1 Å². The van der Waals surface area contributed by atoms with Gasteiger partial charge in [0.1, 0.15) is 0 Å². The zero-order valence-corrected chi connectivity index (χ0v) is 15.5. The second-order valence-corrected chi connectivity index (χ2v) is 6.50. The first-order valence-corrected chi connectivity index (χ1v) is 8.50. The third-order valence-electron chi connectivity index (χ3n) is 4.44. The number of amides is 1. The predicted molar refractivity (Wildman–Crippen MR) is 108 cm³/mol. The highest BCUT2D eigenvalue weighted by Crippen LogP contribution is 2.27. The van der Waals surface area contributed by atoms with Gasteiger partial charge >= 0.3 is 0 Å². The standard InChI is InChI=1S/C19H23N7O/c1-11(26(2)3)22-18(27)13-6-4-12(5-7-13)14-8-9-16-15(10-14)17(25-21)24-19(20)23-16/h4-11H,21H2,1-3H3,(H,22,27)(H3,20,23,24,25). The van der Waals surface area contributed by atoms with Crippen LogP contribution in [0.1, 0.15) is 17.3 Å². The molecule has 3 rings (SSSR count). The molecule has 140 valence electrons. The molecule has 2 aromatic carbocycles. The second kappa shape index (κ2) is 7.56. The fraction of sp³-hybridized carbons (Fsp3) is 0.211. The lowest BCUT2D eigenvalue weighted by atomic mass is 10.0. The van der Waals surface area contributed by atoms with Crippen molar-refractivity contribution in [1.82, 2.24) is 20.2 Å². The number of fused-ring (bicyclic) bond motifs is 1. The van der Waals surface area contributed by atoms with Crippen molar-refractivity contribution in [3.63, 3.8) is 0 Å². The van der Waals surface area contributed by atoms with Gasteiger partial charge in [-0.1, -0.05) is 18.2 Å². The van der Waals surface area contributed by atoms with Crippen molar-refractivity contribution < 1.29 is 4.79 Å². The van der Waals surface area contributed by atoms with E-state index in [1.807, 2.05) is 56.3 Å². The Labute approximate surface area is 157 Å². The second-order valence-electron chi connectivity index (χ2n) is 6.50. The van der Waals surface area contributed by atoms with E-state index in [1.54, 1.807) is 12.1 Å². The molecule has 1 amide bonds. The summed E-state index contributed by atoms with van der Waals surface area (Å²) in [6.45, 7) is 1.93. The van der Waals surface area contributed by atoms with Crippen LogP contribution in [0.3, 0.4) is 0 Å². The highest BCUT2D eigenvalue weighted by atomic mass is 16.1. The lowest BCUT2D eigenvalue weighted by Gasteiger charge is -2.21. The Hall–Kier alpha value is -3.23. The number of nitrogens with one attached hydrogen (secondary N) is 2. The first-order valence-electron chi connectivity index (χ1n) is 8.50. The number of hydrogen-bond acceptors (Lipinski definition) is 7. The number of rotatable bonds is 5. The van der Waals surface area contributed by atoms with Crippen molar-refractivity contribution in [2.75, 3.05) is 25.3 Å². The van der Waals surface area contributed by atoms with Gasteiger partial charge < -0.3 is 16.5 Å². The van der Waals surface area contributed by atoms with Gasteiger partial charge in [-0.2, -0.15) is 4.98 Å². The van der Waals surface area contributed by atoms with Crippen LogP contribution in [0, 0.1) is 0 Å². The molecule has 1 heterocycles. The normalized spacial score (nSPS) is 12.2. The monoisotopic (exact) mass is 365 g/mol. The molecule has 6 N–H and O–H groups in total. The number of nitrogen functional groups attached to an aromatic ring is 2. The van der Waals surface area contributed by atoms with Gasteiger partial charge in [0.25, 0.3) is 5.91 Å². The van der Waals surface area contributed by atoms with Crippen molar-refractivity contribution >= 4 is 28.6 Å². The summed E-state index contributed by atoms with van der Waals surface area (Å²) < 4.78 is 0. The van der Waals surface area contributed by atoms with Crippen molar-refractivity contribution in [3.05, 3.63) is 48.0 Å². The van der Waals surface area contributed by atoms with E-state index >= 15 is 0 Å². The van der Waals surface area contributed by atoms with Crippen LogP contribution in [0.2, 0.25) is 0 Å². The fourth-order valence-electron chi connectivity index (χ4n) is 2.65. The zero-order valence-electron chi connectivity index (χ0n) is 15.5. The lowest BCUT2D eigenvalue weighted by molar-refractivity contribution is 0.0900. The Kier molecular flexibility index (Phi) is 5.20. The number of nitrogens with two attached hydrogens (primary N) is 2. The number of aromatic nitrogens is 2. The Bertz CT molecular complexity index is 970. The average molecular weight is 365 g/mol. The van der Waals surface area contributed by atoms with Crippen LogP contribution in [0.25, 0.3) is 22.0 Å². The van der Waals surface area contributed by atoms with Crippen LogP contribution in [0.5, 0.6) is 0 Å². The van der Waals surface area contributed by atoms with E-state index in [1.165, 1.54) is 0 Å². The van der Waals surface area contributed by atoms with Crippen LogP contribution in [0.15, 0.2) is 42.5 Å². The minimum absolute atomic E-state index is 0.0488. The largest absolute Gasteiger partial charge is 0.368 e. The van der Waals surface area contributed by atoms with Crippen LogP contribution < -0.4 is 22.3 Å². The van der Waals surface area contributed by atoms with Gasteiger partial charge in [0.2, 0.25) is 5.95 Å². The number of carbonyl (C=O) groups excluding carboxylic acids is 1. The van der Waals surface area contributed by atoms with E-state index in [0.717, 1.165) is 16.5 Å². The number of anilines is 2. The summed E-state index contributed by atoms with van der Waals surface area (Å²) in [6.07, 6.45) is -0.0488. The molecule has 1 aromatic heterocycles. The summed E-state index contributed by atoms with van der Waals surface area (Å²) in [5.74, 6) is 6.06. The SMILES string of the molecule is CC(NC(=O)c1ccc(-c2ccc3nc(N)nc(NN)c3c2)cc1)N(C)C. The summed E-state index contributed by atoms with van der Waals surface area (Å²) in [7, 11) is 3.82. The molecular formula is C19H23N7O.